The van der Waals surface area contributed by atoms with Crippen molar-refractivity contribution in [3.63, 3.8) is 0 Å². The molecule has 15 heteroatoms. The van der Waals surface area contributed by atoms with Crippen molar-refractivity contribution in [3.8, 4) is 5.75 Å². The maximum absolute atomic E-state index is 13.4. The number of rotatable bonds is 6. The smallest absolute Gasteiger partial charge is 0.440 e. The van der Waals surface area contributed by atoms with E-state index in [-0.39, 0.29) is 30.5 Å². The summed E-state index contributed by atoms with van der Waals surface area (Å²) in [4.78, 5) is 31.3. The Hall–Kier alpha value is -3.34. The number of carbonyl (C=O) groups excluding carboxylic acids is 2. The Balaban J connectivity index is 1.33. The number of carbonyl (C=O) groups is 2. The number of aromatic nitrogens is 1. The first-order valence-electron chi connectivity index (χ1n) is 13.0. The van der Waals surface area contributed by atoms with Gasteiger partial charge >= 0.3 is 209 Å². The molecule has 2 aromatic rings. The Bertz CT molecular complexity index is 1340. The number of halogens is 4. The molecule has 1 saturated carbocycles. The summed E-state index contributed by atoms with van der Waals surface area (Å²) in [6, 6.07) is 8.46. The molecule has 11 nitrogen and oxygen atoms in total. The fraction of sp³-hybridized carbons (Fsp3) is 0.462. The molecule has 0 bridgehead atoms. The van der Waals surface area contributed by atoms with Gasteiger partial charge in [0.05, 0.1) is 0 Å². The molecule has 3 heterocycles. The predicted octanol–water partition coefficient (Wildman–Crippen LogP) is -0.159. The van der Waals surface area contributed by atoms with E-state index in [1.54, 1.807) is 30.3 Å². The molecule has 2 aliphatic heterocycles. The van der Waals surface area contributed by atoms with E-state index in [0.29, 0.717) is 29.3 Å². The molecule has 0 unspecified atom stereocenters. The Morgan fingerprint density at radius 1 is 1.24 bits per heavy atom. The van der Waals surface area contributed by atoms with Gasteiger partial charge in [0.15, 0.2) is 6.61 Å². The maximum atomic E-state index is 13.4. The van der Waals surface area contributed by atoms with Crippen LogP contribution in [0.4, 0.5) is 23.8 Å². The Kier molecular flexibility index (Phi) is 8.72. The van der Waals surface area contributed by atoms with Gasteiger partial charge in [-0.05, 0) is 0 Å². The minimum Gasteiger partial charge on any atom is -0.440 e. The number of amidine groups is 1. The number of aliphatic hydroxyl groups excluding tert-OH is 1. The van der Waals surface area contributed by atoms with Crippen molar-refractivity contribution >= 4 is 23.7 Å². The first kappa shape index (κ1) is 29.2. The van der Waals surface area contributed by atoms with Crippen molar-refractivity contribution in [1.82, 2.24) is 18.4 Å². The Morgan fingerprint density at radius 2 is 2.07 bits per heavy atom. The second-order valence-electron chi connectivity index (χ2n) is 9.75. The number of anilines is 1. The van der Waals surface area contributed by atoms with Gasteiger partial charge in [0.2, 0.25) is 0 Å². The van der Waals surface area contributed by atoms with E-state index in [0.717, 1.165) is 29.4 Å². The number of hydrazone groups is 1. The third-order valence-electron chi connectivity index (χ3n) is 6.99. The van der Waals surface area contributed by atoms with Crippen molar-refractivity contribution in [3.05, 3.63) is 52.7 Å². The van der Waals surface area contributed by atoms with Crippen LogP contribution in [0.5, 0.6) is 5.75 Å². The number of aliphatic hydroxyl groups is 1. The molecule has 1 fully saturated rings. The van der Waals surface area contributed by atoms with Crippen LogP contribution in [0.3, 0.4) is 0 Å². The zero-order valence-electron chi connectivity index (χ0n) is 22.1. The van der Waals surface area contributed by atoms with Crippen molar-refractivity contribution in [2.24, 2.45) is 5.10 Å². The van der Waals surface area contributed by atoms with E-state index in [2.05, 4.69) is 28.7 Å². The fourth-order valence-corrected chi connectivity index (χ4v) is 7.56. The van der Waals surface area contributed by atoms with E-state index < -0.39 is 52.4 Å². The van der Waals surface area contributed by atoms with Gasteiger partial charge in [-0.25, -0.2) is 4.79 Å². The van der Waals surface area contributed by atoms with E-state index >= 15 is 0 Å². The third-order valence-corrected chi connectivity index (χ3v) is 9.58. The topological polar surface area (TPSA) is 129 Å². The minimum atomic E-state index is -4.62. The van der Waals surface area contributed by atoms with Crippen LogP contribution in [-0.4, -0.2) is 79.1 Å². The molecular formula is C26H29F3IN6O5-. The van der Waals surface area contributed by atoms with Crippen LogP contribution in [0.25, 0.3) is 0 Å². The van der Waals surface area contributed by atoms with Gasteiger partial charge in [-0.3, -0.25) is 0 Å². The van der Waals surface area contributed by atoms with Crippen molar-refractivity contribution < 1.29 is 58.8 Å². The van der Waals surface area contributed by atoms with E-state index in [4.69, 9.17) is 4.74 Å². The molecule has 3 N–H and O–H groups in total. The first-order valence-corrected chi connectivity index (χ1v) is 15.5. The number of amides is 2. The number of alkyl halides is 4. The van der Waals surface area contributed by atoms with Crippen molar-refractivity contribution in [2.75, 3.05) is 30.1 Å². The van der Waals surface area contributed by atoms with Crippen molar-refractivity contribution in [1.29, 1.82) is 0 Å². The molecule has 41 heavy (non-hydrogen) atoms. The van der Waals surface area contributed by atoms with Gasteiger partial charge in [-0.1, -0.05) is 0 Å². The summed E-state index contributed by atoms with van der Waals surface area (Å²) in [5, 5.41) is 17.7. The zero-order valence-corrected chi connectivity index (χ0v) is 24.2. The molecule has 3 aliphatic rings. The number of benzene rings is 1. The summed E-state index contributed by atoms with van der Waals surface area (Å²) in [5.74, 6) is 0.723. The van der Waals surface area contributed by atoms with Crippen LogP contribution >= 0.6 is 0 Å². The average molecular weight is 689 g/mol. The Labute approximate surface area is 244 Å². The number of ether oxygens (including phenoxy) is 2. The van der Waals surface area contributed by atoms with E-state index in [1.165, 1.54) is 12.0 Å². The molecule has 2 atom stereocenters. The molecular weight excluding hydrogens is 660 g/mol. The Morgan fingerprint density at radius 3 is 2.80 bits per heavy atom. The van der Waals surface area contributed by atoms with Crippen molar-refractivity contribution in [2.45, 2.75) is 50.6 Å². The molecule has 1 aromatic carbocycles. The molecule has 1 aromatic heterocycles. The van der Waals surface area contributed by atoms with Gasteiger partial charge < -0.3 is 4.74 Å². The minimum absolute atomic E-state index is 0.00577. The summed E-state index contributed by atoms with van der Waals surface area (Å²) >= 11 is -0.456. The van der Waals surface area contributed by atoms with Gasteiger partial charge in [-0.2, -0.15) is 13.2 Å². The number of hydrogen-bond donors (Lipinski definition) is 3. The number of fused-ring (bicyclic) bond motifs is 1. The van der Waals surface area contributed by atoms with Gasteiger partial charge in [-0.15, -0.1) is 0 Å². The molecule has 0 radical (unpaired) electrons. The second kappa shape index (κ2) is 12.3. The second-order valence-corrected chi connectivity index (χ2v) is 12.2. The number of methoxy groups -OCH3 is 1. The molecule has 5 rings (SSSR count). The summed E-state index contributed by atoms with van der Waals surface area (Å²) < 4.78 is 50.2. The molecule has 222 valence electrons. The van der Waals surface area contributed by atoms with Crippen LogP contribution in [-0.2, 0) is 17.7 Å². The number of nitrogens with zero attached hydrogens (tertiary/aromatic N) is 4. The van der Waals surface area contributed by atoms with Gasteiger partial charge in [0.1, 0.15) is 0 Å². The number of nitrogens with one attached hydrogen (secondary N) is 2. The fourth-order valence-electron chi connectivity index (χ4n) is 5.03. The predicted molar refractivity (Wildman–Crippen MR) is 137 cm³/mol. The molecule has 2 amide bonds. The monoisotopic (exact) mass is 689 g/mol. The third kappa shape index (κ3) is 6.77. The van der Waals surface area contributed by atoms with E-state index in [1.807, 2.05) is 0 Å². The van der Waals surface area contributed by atoms with Crippen LogP contribution in [0.2, 0.25) is 0 Å². The number of hydrogen-bond acceptors (Lipinski definition) is 9. The normalized spacial score (nSPS) is 20.8. The van der Waals surface area contributed by atoms with Gasteiger partial charge in [0.25, 0.3) is 0 Å². The SMILES string of the molecule is COc1cc2c(cc1C(=O)Nc1cccc(C3=NNC[I-]N3[C@@H]3CCC[C@@H]3O)n1)CN(C(=O)OCC(F)(F)F)CC2. The molecule has 0 spiro atoms. The summed E-state index contributed by atoms with van der Waals surface area (Å²) in [7, 11) is 1.43. The molecule has 0 saturated heterocycles. The summed E-state index contributed by atoms with van der Waals surface area (Å²) in [5.41, 5.74) is 5.19. The van der Waals surface area contributed by atoms with Gasteiger partial charge in [0, 0.05) is 6.54 Å². The standard InChI is InChI=1S/C26H29F3IN6O5/c1-40-21-11-15-8-9-35(25(39)41-13-26(27,28)29)12-16(15)10-17(21)24(38)33-22-7-2-4-18(32-22)23-34-31-14-30-36(23)19-5-3-6-20(19)37/h2,4,7,10-11,19-20,31,37H,3,5-6,8-9,12-14H2,1H3,(H,32,33,38)/q-1/t19-,20+/m1/s1. The van der Waals surface area contributed by atoms with Crippen LogP contribution in [0.1, 0.15) is 46.4 Å². The average Bonchev–Trinajstić information content (AvgIpc) is 3.40. The van der Waals surface area contributed by atoms with Crippen LogP contribution in [0.15, 0.2) is 35.4 Å². The van der Waals surface area contributed by atoms with Crippen LogP contribution < -0.4 is 37.0 Å². The quantitative estimate of drug-likeness (QED) is 0.166. The summed E-state index contributed by atoms with van der Waals surface area (Å²) in [6.45, 7) is -1.51. The number of pyridine rings is 1. The zero-order chi connectivity index (χ0) is 29.1. The molecule has 1 aliphatic carbocycles. The van der Waals surface area contributed by atoms with E-state index in [9.17, 15) is 27.9 Å². The first-order chi connectivity index (χ1) is 19.6. The summed E-state index contributed by atoms with van der Waals surface area (Å²) in [6.07, 6.45) is -3.16. The van der Waals surface area contributed by atoms with Crippen LogP contribution in [0, 0.1) is 0 Å².